The van der Waals surface area contributed by atoms with E-state index in [0.717, 1.165) is 5.56 Å². The quantitative estimate of drug-likeness (QED) is 0.576. The Morgan fingerprint density at radius 1 is 1.06 bits per heavy atom. The molecule has 0 amide bonds. The molecular weight excluding hydrogens is 224 g/mol. The van der Waals surface area contributed by atoms with E-state index in [1.54, 1.807) is 24.3 Å². The van der Waals surface area contributed by atoms with Gasteiger partial charge in [0.1, 0.15) is 13.2 Å². The van der Waals surface area contributed by atoms with E-state index in [2.05, 4.69) is 11.8 Å². The summed E-state index contributed by atoms with van der Waals surface area (Å²) in [6.45, 7) is 0.329. The standard InChI is InChI=1S/C13H11ClO2/c1-3-9-15-13(16-10-4-2)11-5-7-12(14)8-6-11/h1-2,5-8,13H,9-10H2. The number of hydrogen-bond donors (Lipinski definition) is 0. The van der Waals surface area contributed by atoms with E-state index in [9.17, 15) is 0 Å². The molecule has 0 unspecified atom stereocenters. The molecule has 0 heterocycles. The number of ether oxygens (including phenoxy) is 2. The molecule has 82 valence electrons. The van der Waals surface area contributed by atoms with Crippen LogP contribution in [0.5, 0.6) is 0 Å². The van der Waals surface area contributed by atoms with Crippen LogP contribution in [0.3, 0.4) is 0 Å². The number of rotatable bonds is 5. The molecule has 2 nitrogen and oxygen atoms in total. The fourth-order valence-corrected chi connectivity index (χ4v) is 1.23. The summed E-state index contributed by atoms with van der Waals surface area (Å²) < 4.78 is 10.6. The van der Waals surface area contributed by atoms with Crippen molar-refractivity contribution in [1.82, 2.24) is 0 Å². The van der Waals surface area contributed by atoms with Gasteiger partial charge in [-0.15, -0.1) is 12.8 Å². The molecular formula is C13H11ClO2. The van der Waals surface area contributed by atoms with E-state index in [1.807, 2.05) is 0 Å². The zero-order valence-electron chi connectivity index (χ0n) is 8.65. The normalized spacial score (nSPS) is 9.75. The fraction of sp³-hybridized carbons (Fsp3) is 0.231. The average molecular weight is 235 g/mol. The second-order valence-corrected chi connectivity index (χ2v) is 3.35. The number of hydrogen-bond acceptors (Lipinski definition) is 2. The average Bonchev–Trinajstić information content (AvgIpc) is 2.31. The van der Waals surface area contributed by atoms with Crippen LogP contribution in [0, 0.1) is 24.7 Å². The highest BCUT2D eigenvalue weighted by molar-refractivity contribution is 6.30. The Bertz CT molecular complexity index is 379. The molecule has 0 aliphatic heterocycles. The second-order valence-electron chi connectivity index (χ2n) is 2.91. The van der Waals surface area contributed by atoms with Crippen molar-refractivity contribution in [3.05, 3.63) is 34.9 Å². The molecule has 0 radical (unpaired) electrons. The minimum atomic E-state index is -0.552. The summed E-state index contributed by atoms with van der Waals surface area (Å²) in [5.74, 6) is 4.75. The minimum absolute atomic E-state index is 0.165. The number of terminal acetylenes is 2. The van der Waals surface area contributed by atoms with Gasteiger partial charge in [0.2, 0.25) is 0 Å². The Labute approximate surface area is 101 Å². The van der Waals surface area contributed by atoms with E-state index in [4.69, 9.17) is 33.9 Å². The molecule has 0 atom stereocenters. The molecule has 16 heavy (non-hydrogen) atoms. The SMILES string of the molecule is C#CCOC(OCC#C)c1ccc(Cl)cc1. The predicted octanol–water partition coefficient (Wildman–Crippen LogP) is 2.64. The molecule has 0 spiro atoms. The van der Waals surface area contributed by atoms with Crippen molar-refractivity contribution in [3.8, 4) is 24.7 Å². The summed E-state index contributed by atoms with van der Waals surface area (Å²) in [6.07, 6.45) is 9.68. The van der Waals surface area contributed by atoms with Crippen LogP contribution in [0.2, 0.25) is 5.02 Å². The maximum atomic E-state index is 5.78. The molecule has 0 aliphatic carbocycles. The van der Waals surface area contributed by atoms with Crippen molar-refractivity contribution < 1.29 is 9.47 Å². The van der Waals surface area contributed by atoms with Crippen molar-refractivity contribution in [1.29, 1.82) is 0 Å². The van der Waals surface area contributed by atoms with Crippen LogP contribution in [0.15, 0.2) is 24.3 Å². The van der Waals surface area contributed by atoms with Crippen LogP contribution in [-0.4, -0.2) is 13.2 Å². The van der Waals surface area contributed by atoms with Gasteiger partial charge in [0, 0.05) is 10.6 Å². The van der Waals surface area contributed by atoms with Crippen LogP contribution in [0.4, 0.5) is 0 Å². The maximum Gasteiger partial charge on any atom is 0.186 e. The molecule has 0 saturated heterocycles. The summed E-state index contributed by atoms with van der Waals surface area (Å²) >= 11 is 5.78. The largest absolute Gasteiger partial charge is 0.336 e. The Balaban J connectivity index is 2.71. The Morgan fingerprint density at radius 2 is 1.56 bits per heavy atom. The van der Waals surface area contributed by atoms with Crippen molar-refractivity contribution in [2.75, 3.05) is 13.2 Å². The van der Waals surface area contributed by atoms with Gasteiger partial charge in [-0.25, -0.2) is 0 Å². The third kappa shape index (κ3) is 3.96. The number of halogens is 1. The lowest BCUT2D eigenvalue weighted by Gasteiger charge is -2.16. The lowest BCUT2D eigenvalue weighted by molar-refractivity contribution is -0.128. The van der Waals surface area contributed by atoms with E-state index in [1.165, 1.54) is 0 Å². The molecule has 1 rings (SSSR count). The van der Waals surface area contributed by atoms with Crippen LogP contribution in [-0.2, 0) is 9.47 Å². The first-order chi connectivity index (χ1) is 7.77. The molecule has 0 saturated carbocycles. The molecule has 1 aromatic rings. The summed E-state index contributed by atoms with van der Waals surface area (Å²) in [6, 6.07) is 7.12. The van der Waals surface area contributed by atoms with Gasteiger partial charge in [-0.05, 0) is 12.1 Å². The van der Waals surface area contributed by atoms with E-state index < -0.39 is 6.29 Å². The van der Waals surface area contributed by atoms with Gasteiger partial charge in [0.25, 0.3) is 0 Å². The first-order valence-electron chi connectivity index (χ1n) is 4.63. The first kappa shape index (κ1) is 12.6. The fourth-order valence-electron chi connectivity index (χ4n) is 1.11. The van der Waals surface area contributed by atoms with Gasteiger partial charge in [-0.1, -0.05) is 35.6 Å². The summed E-state index contributed by atoms with van der Waals surface area (Å²) in [4.78, 5) is 0. The monoisotopic (exact) mass is 234 g/mol. The molecule has 0 aliphatic rings. The summed E-state index contributed by atoms with van der Waals surface area (Å²) in [7, 11) is 0. The van der Waals surface area contributed by atoms with Crippen LogP contribution in [0.25, 0.3) is 0 Å². The van der Waals surface area contributed by atoms with E-state index >= 15 is 0 Å². The van der Waals surface area contributed by atoms with Gasteiger partial charge in [0.15, 0.2) is 6.29 Å². The highest BCUT2D eigenvalue weighted by Gasteiger charge is 2.11. The van der Waals surface area contributed by atoms with Gasteiger partial charge in [-0.2, -0.15) is 0 Å². The summed E-state index contributed by atoms with van der Waals surface area (Å²) in [5, 5.41) is 0.649. The lowest BCUT2D eigenvalue weighted by Crippen LogP contribution is -2.09. The van der Waals surface area contributed by atoms with Crippen LogP contribution in [0.1, 0.15) is 11.9 Å². The zero-order valence-corrected chi connectivity index (χ0v) is 9.41. The smallest absolute Gasteiger partial charge is 0.186 e. The minimum Gasteiger partial charge on any atom is -0.336 e. The highest BCUT2D eigenvalue weighted by Crippen LogP contribution is 2.20. The molecule has 3 heteroatoms. The Kier molecular flexibility index (Phi) is 5.46. The summed E-state index contributed by atoms with van der Waals surface area (Å²) in [5.41, 5.74) is 0.829. The van der Waals surface area contributed by atoms with Gasteiger partial charge >= 0.3 is 0 Å². The van der Waals surface area contributed by atoms with Crippen molar-refractivity contribution in [2.24, 2.45) is 0 Å². The third-order valence-electron chi connectivity index (χ3n) is 1.78. The Morgan fingerprint density at radius 3 is 2.00 bits per heavy atom. The highest BCUT2D eigenvalue weighted by atomic mass is 35.5. The third-order valence-corrected chi connectivity index (χ3v) is 2.03. The molecule has 0 fully saturated rings. The van der Waals surface area contributed by atoms with E-state index in [0.29, 0.717) is 5.02 Å². The first-order valence-corrected chi connectivity index (χ1v) is 5.01. The predicted molar refractivity (Wildman–Crippen MR) is 63.8 cm³/mol. The van der Waals surface area contributed by atoms with Crippen molar-refractivity contribution in [3.63, 3.8) is 0 Å². The molecule has 1 aromatic carbocycles. The second kappa shape index (κ2) is 6.93. The van der Waals surface area contributed by atoms with Crippen molar-refractivity contribution in [2.45, 2.75) is 6.29 Å². The van der Waals surface area contributed by atoms with Crippen LogP contribution >= 0.6 is 11.6 Å². The Hall–Kier alpha value is -1.45. The van der Waals surface area contributed by atoms with Gasteiger partial charge in [-0.3, -0.25) is 0 Å². The topological polar surface area (TPSA) is 18.5 Å². The van der Waals surface area contributed by atoms with E-state index in [-0.39, 0.29) is 13.2 Å². The molecule has 0 N–H and O–H groups in total. The van der Waals surface area contributed by atoms with Gasteiger partial charge < -0.3 is 9.47 Å². The van der Waals surface area contributed by atoms with Crippen LogP contribution < -0.4 is 0 Å². The zero-order chi connectivity index (χ0) is 11.8. The number of benzene rings is 1. The maximum absolute atomic E-state index is 5.78. The molecule has 0 aromatic heterocycles. The van der Waals surface area contributed by atoms with Crippen molar-refractivity contribution >= 4 is 11.6 Å². The lowest BCUT2D eigenvalue weighted by atomic mass is 10.2. The van der Waals surface area contributed by atoms with Gasteiger partial charge in [0.05, 0.1) is 0 Å². The molecule has 0 bridgehead atoms.